The van der Waals surface area contributed by atoms with Crippen molar-refractivity contribution in [1.29, 1.82) is 10.8 Å². The number of carbonyl (C=O) groups excluding carboxylic acids is 2. The van der Waals surface area contributed by atoms with Crippen LogP contribution in [0, 0.1) is 17.7 Å². The highest BCUT2D eigenvalue weighted by molar-refractivity contribution is 5.26. The van der Waals surface area contributed by atoms with Crippen LogP contribution in [0.3, 0.4) is 0 Å². The summed E-state index contributed by atoms with van der Waals surface area (Å²) >= 11 is 0. The van der Waals surface area contributed by atoms with E-state index < -0.39 is 0 Å². The minimum absolute atomic E-state index is 0.750. The first kappa shape index (κ1) is 21.4. The molecule has 6 nitrogen and oxygen atoms in total. The summed E-state index contributed by atoms with van der Waals surface area (Å²) in [6.07, 6.45) is 6.06. The first-order valence-corrected chi connectivity index (χ1v) is 7.29. The molecule has 0 saturated carbocycles. The number of isocyanates is 2. The van der Waals surface area contributed by atoms with Gasteiger partial charge in [0.05, 0.1) is 0 Å². The van der Waals surface area contributed by atoms with E-state index in [2.05, 4.69) is 70.6 Å². The van der Waals surface area contributed by atoms with Crippen molar-refractivity contribution in [2.45, 2.75) is 13.3 Å². The zero-order valence-corrected chi connectivity index (χ0v) is 13.9. The molecule has 3 aromatic rings. The van der Waals surface area contributed by atoms with E-state index in [-0.39, 0.29) is 0 Å². The average molecular weight is 336 g/mol. The largest absolute Gasteiger partial charge is 0.349 e. The van der Waals surface area contributed by atoms with E-state index in [1.165, 1.54) is 11.1 Å². The first-order valence-electron chi connectivity index (χ1n) is 7.29. The van der Waals surface area contributed by atoms with Gasteiger partial charge in [0.2, 0.25) is 12.2 Å². The number of hydrogen-bond acceptors (Lipinski definition) is 5. The SMILES string of the molecule is Cc1ncc[nH]1.N=C=O.N=C=O.c1ccc(Cc2ccccc2)cc1. The molecule has 6 heteroatoms. The maximum absolute atomic E-state index is 8.35. The third-order valence-electron chi connectivity index (χ3n) is 2.73. The summed E-state index contributed by atoms with van der Waals surface area (Å²) in [5.41, 5.74) is 2.74. The number of nitrogens with zero attached hydrogens (tertiary/aromatic N) is 1. The van der Waals surface area contributed by atoms with Gasteiger partial charge in [0.25, 0.3) is 0 Å². The Kier molecular flexibility index (Phi) is 13.1. The Morgan fingerprint density at radius 1 is 0.880 bits per heavy atom. The number of aryl methyl sites for hydroxylation is 1. The van der Waals surface area contributed by atoms with Gasteiger partial charge >= 0.3 is 0 Å². The lowest BCUT2D eigenvalue weighted by atomic mass is 10.1. The van der Waals surface area contributed by atoms with Gasteiger partial charge in [0.15, 0.2) is 0 Å². The van der Waals surface area contributed by atoms with Crippen LogP contribution in [-0.4, -0.2) is 22.1 Å². The van der Waals surface area contributed by atoms with Crippen molar-refractivity contribution in [1.82, 2.24) is 9.97 Å². The number of hydrogen-bond donors (Lipinski definition) is 3. The van der Waals surface area contributed by atoms with E-state index in [1.807, 2.05) is 6.92 Å². The normalized spacial score (nSPS) is 7.88. The summed E-state index contributed by atoms with van der Waals surface area (Å²) in [7, 11) is 0. The number of nitrogens with one attached hydrogen (secondary N) is 3. The van der Waals surface area contributed by atoms with E-state index >= 15 is 0 Å². The molecule has 2 aromatic carbocycles. The number of benzene rings is 2. The highest BCUT2D eigenvalue weighted by Crippen LogP contribution is 2.07. The van der Waals surface area contributed by atoms with Crippen LogP contribution in [0.1, 0.15) is 17.0 Å². The number of aromatic amines is 1. The molecule has 0 fully saturated rings. The maximum Gasteiger partial charge on any atom is 0.231 e. The van der Waals surface area contributed by atoms with Gasteiger partial charge in [-0.1, -0.05) is 60.7 Å². The average Bonchev–Trinajstić information content (AvgIpc) is 3.10. The van der Waals surface area contributed by atoms with Crippen LogP contribution in [-0.2, 0) is 16.0 Å². The van der Waals surface area contributed by atoms with Crippen LogP contribution in [0.25, 0.3) is 0 Å². The molecule has 0 aliphatic rings. The minimum atomic E-state index is 0.750. The lowest BCUT2D eigenvalue weighted by molar-refractivity contribution is 0.562. The number of H-pyrrole nitrogens is 1. The molecule has 1 heterocycles. The fourth-order valence-corrected chi connectivity index (χ4v) is 1.77. The summed E-state index contributed by atoms with van der Waals surface area (Å²) in [6.45, 7) is 1.92. The molecular weight excluding hydrogens is 316 g/mol. The van der Waals surface area contributed by atoms with Crippen LogP contribution in [0.15, 0.2) is 73.1 Å². The van der Waals surface area contributed by atoms with Crippen LogP contribution in [0.2, 0.25) is 0 Å². The molecule has 0 amide bonds. The predicted molar refractivity (Wildman–Crippen MR) is 95.8 cm³/mol. The monoisotopic (exact) mass is 336 g/mol. The van der Waals surface area contributed by atoms with Crippen molar-refractivity contribution in [3.63, 3.8) is 0 Å². The molecule has 1 aromatic heterocycles. The van der Waals surface area contributed by atoms with Crippen molar-refractivity contribution in [3.8, 4) is 0 Å². The van der Waals surface area contributed by atoms with E-state index in [0.29, 0.717) is 0 Å². The quantitative estimate of drug-likeness (QED) is 0.489. The van der Waals surface area contributed by atoms with Gasteiger partial charge in [0.1, 0.15) is 5.82 Å². The Labute approximate surface area is 146 Å². The molecule has 0 radical (unpaired) electrons. The third kappa shape index (κ3) is 12.6. The fourth-order valence-electron chi connectivity index (χ4n) is 1.77. The second-order valence-electron chi connectivity index (χ2n) is 4.53. The molecular formula is C19H20N4O2. The van der Waals surface area contributed by atoms with Crippen molar-refractivity contribution in [3.05, 3.63) is 90.0 Å². The van der Waals surface area contributed by atoms with E-state index in [0.717, 1.165) is 24.4 Å². The van der Waals surface area contributed by atoms with Gasteiger partial charge in [0, 0.05) is 12.4 Å². The van der Waals surface area contributed by atoms with Crippen LogP contribution in [0.4, 0.5) is 0 Å². The van der Waals surface area contributed by atoms with E-state index in [4.69, 9.17) is 20.4 Å². The van der Waals surface area contributed by atoms with E-state index in [9.17, 15) is 0 Å². The van der Waals surface area contributed by atoms with Gasteiger partial charge in [-0.2, -0.15) is 0 Å². The van der Waals surface area contributed by atoms with E-state index in [1.54, 1.807) is 12.4 Å². The van der Waals surface area contributed by atoms with Crippen molar-refractivity contribution >= 4 is 12.2 Å². The van der Waals surface area contributed by atoms with Gasteiger partial charge in [-0.15, -0.1) is 0 Å². The molecule has 0 atom stereocenters. The summed E-state index contributed by atoms with van der Waals surface area (Å²) in [5, 5.41) is 10.8. The topological polar surface area (TPSA) is 111 Å². The zero-order valence-electron chi connectivity index (χ0n) is 13.9. The summed E-state index contributed by atoms with van der Waals surface area (Å²) in [6, 6.07) is 21.1. The first-order chi connectivity index (χ1) is 12.2. The smallest absolute Gasteiger partial charge is 0.231 e. The van der Waals surface area contributed by atoms with Crippen molar-refractivity contribution in [2.75, 3.05) is 0 Å². The Hall–Kier alpha value is -3.59. The minimum Gasteiger partial charge on any atom is -0.349 e. The highest BCUT2D eigenvalue weighted by Gasteiger charge is 1.92. The zero-order chi connectivity index (χ0) is 18.8. The predicted octanol–water partition coefficient (Wildman–Crippen LogP) is 3.80. The standard InChI is InChI=1S/C13H12.C4H6N2.2CHNO/c1-3-7-12(8-4-1)11-13-9-5-2-6-10-13;1-4-5-2-3-6-4;2*2-1-3/h1-10H,11H2;2-3H,1H3,(H,5,6);2*2H. The van der Waals surface area contributed by atoms with Crippen molar-refractivity contribution in [2.24, 2.45) is 0 Å². The molecule has 3 rings (SSSR count). The molecule has 25 heavy (non-hydrogen) atoms. The third-order valence-corrected chi connectivity index (χ3v) is 2.73. The van der Waals surface area contributed by atoms with Crippen LogP contribution in [0.5, 0.6) is 0 Å². The maximum atomic E-state index is 8.35. The second kappa shape index (κ2) is 15.3. The number of aromatic nitrogens is 2. The molecule has 0 aliphatic heterocycles. The fraction of sp³-hybridized carbons (Fsp3) is 0.105. The molecule has 0 spiro atoms. The van der Waals surface area contributed by atoms with Crippen molar-refractivity contribution < 1.29 is 9.59 Å². The van der Waals surface area contributed by atoms with Crippen LogP contribution >= 0.6 is 0 Å². The van der Waals surface area contributed by atoms with Gasteiger partial charge in [-0.3, -0.25) is 0 Å². The van der Waals surface area contributed by atoms with Gasteiger partial charge in [-0.05, 0) is 24.5 Å². The highest BCUT2D eigenvalue weighted by atomic mass is 16.1. The molecule has 0 bridgehead atoms. The Morgan fingerprint density at radius 3 is 1.52 bits per heavy atom. The second-order valence-corrected chi connectivity index (χ2v) is 4.53. The number of imidazole rings is 1. The summed E-state index contributed by atoms with van der Waals surface area (Å²) in [5.74, 6) is 0.968. The Balaban J connectivity index is 0.000000399. The molecule has 3 N–H and O–H groups in total. The Bertz CT molecular complexity index is 680. The molecule has 0 saturated heterocycles. The Morgan fingerprint density at radius 2 is 1.28 bits per heavy atom. The van der Waals surface area contributed by atoms with Crippen LogP contribution < -0.4 is 0 Å². The summed E-state index contributed by atoms with van der Waals surface area (Å²) in [4.78, 5) is 23.4. The lowest BCUT2D eigenvalue weighted by Crippen LogP contribution is -1.85. The van der Waals surface area contributed by atoms with Gasteiger partial charge in [-0.25, -0.2) is 25.4 Å². The van der Waals surface area contributed by atoms with Gasteiger partial charge < -0.3 is 4.98 Å². The molecule has 0 unspecified atom stereocenters. The molecule has 0 aliphatic carbocycles. The lowest BCUT2D eigenvalue weighted by Gasteiger charge is -2.00. The molecule has 128 valence electrons. The number of rotatable bonds is 2. The summed E-state index contributed by atoms with van der Waals surface area (Å²) < 4.78 is 0.